The summed E-state index contributed by atoms with van der Waals surface area (Å²) in [5.74, 6) is 2.66. The molecule has 0 bridgehead atoms. The number of nitrogens with one attached hydrogen (secondary N) is 1. The smallest absolute Gasteiger partial charge is 0.0466 e. The molecule has 0 aliphatic carbocycles. The standard InChI is InChI=1S/C12H9N/c1-2-10-6-3-4-7-11(10)12-8-5-9-13-12/h1,3-9,13H. The van der Waals surface area contributed by atoms with E-state index < -0.39 is 0 Å². The Balaban J connectivity index is 2.59. The SMILES string of the molecule is C#Cc1ccccc1-c1ccc[nH]1. The van der Waals surface area contributed by atoms with Gasteiger partial charge in [-0.2, -0.15) is 0 Å². The molecule has 0 atom stereocenters. The number of benzene rings is 1. The number of H-pyrrole nitrogens is 1. The van der Waals surface area contributed by atoms with Gasteiger partial charge in [-0.15, -0.1) is 6.42 Å². The molecule has 0 amide bonds. The van der Waals surface area contributed by atoms with E-state index in [1.807, 2.05) is 42.6 Å². The van der Waals surface area contributed by atoms with Crippen molar-refractivity contribution in [3.8, 4) is 23.6 Å². The molecule has 1 heteroatoms. The number of aromatic nitrogens is 1. The van der Waals surface area contributed by atoms with Gasteiger partial charge in [-0.25, -0.2) is 0 Å². The molecule has 62 valence electrons. The van der Waals surface area contributed by atoms with E-state index in [4.69, 9.17) is 6.42 Å². The summed E-state index contributed by atoms with van der Waals surface area (Å²) in [6.07, 6.45) is 7.28. The van der Waals surface area contributed by atoms with Crippen molar-refractivity contribution in [3.05, 3.63) is 48.2 Å². The summed E-state index contributed by atoms with van der Waals surface area (Å²) in [5.41, 5.74) is 3.06. The number of aromatic amines is 1. The summed E-state index contributed by atoms with van der Waals surface area (Å²) in [5, 5.41) is 0. The van der Waals surface area contributed by atoms with Crippen LogP contribution in [0.5, 0.6) is 0 Å². The third-order valence-electron chi connectivity index (χ3n) is 1.97. The van der Waals surface area contributed by atoms with E-state index in [9.17, 15) is 0 Å². The van der Waals surface area contributed by atoms with E-state index in [-0.39, 0.29) is 0 Å². The maximum absolute atomic E-state index is 5.39. The zero-order chi connectivity index (χ0) is 9.10. The molecule has 13 heavy (non-hydrogen) atoms. The Morgan fingerprint density at radius 3 is 2.62 bits per heavy atom. The van der Waals surface area contributed by atoms with E-state index in [1.54, 1.807) is 0 Å². The molecule has 1 heterocycles. The molecule has 1 N–H and O–H groups in total. The largest absolute Gasteiger partial charge is 0.361 e. The van der Waals surface area contributed by atoms with E-state index >= 15 is 0 Å². The monoisotopic (exact) mass is 167 g/mol. The molecule has 0 spiro atoms. The number of terminal acetylenes is 1. The highest BCUT2D eigenvalue weighted by Gasteiger charge is 2.01. The lowest BCUT2D eigenvalue weighted by atomic mass is 10.1. The zero-order valence-electron chi connectivity index (χ0n) is 7.12. The summed E-state index contributed by atoms with van der Waals surface area (Å²) < 4.78 is 0. The minimum absolute atomic E-state index is 0.921. The average molecular weight is 167 g/mol. The van der Waals surface area contributed by atoms with Gasteiger partial charge in [0.25, 0.3) is 0 Å². The van der Waals surface area contributed by atoms with Crippen molar-refractivity contribution in [3.63, 3.8) is 0 Å². The number of hydrogen-bond donors (Lipinski definition) is 1. The van der Waals surface area contributed by atoms with Crippen molar-refractivity contribution in [2.75, 3.05) is 0 Å². The minimum atomic E-state index is 0.921. The quantitative estimate of drug-likeness (QED) is 0.628. The van der Waals surface area contributed by atoms with Crippen LogP contribution in [0, 0.1) is 12.3 Å². The van der Waals surface area contributed by atoms with Gasteiger partial charge in [0.05, 0.1) is 0 Å². The van der Waals surface area contributed by atoms with Gasteiger partial charge in [0.1, 0.15) is 0 Å². The van der Waals surface area contributed by atoms with Gasteiger partial charge in [-0.3, -0.25) is 0 Å². The summed E-state index contributed by atoms with van der Waals surface area (Å²) >= 11 is 0. The van der Waals surface area contributed by atoms with Crippen LogP contribution < -0.4 is 0 Å². The van der Waals surface area contributed by atoms with Crippen molar-refractivity contribution in [1.29, 1.82) is 0 Å². The Kier molecular flexibility index (Phi) is 1.90. The predicted octanol–water partition coefficient (Wildman–Crippen LogP) is 2.66. The molecule has 2 rings (SSSR count). The van der Waals surface area contributed by atoms with Crippen molar-refractivity contribution in [2.45, 2.75) is 0 Å². The lowest BCUT2D eigenvalue weighted by molar-refractivity contribution is 1.39. The first-order valence-electron chi connectivity index (χ1n) is 4.11. The molecule has 0 radical (unpaired) electrons. The third-order valence-corrected chi connectivity index (χ3v) is 1.97. The molecule has 1 aromatic heterocycles. The fourth-order valence-corrected chi connectivity index (χ4v) is 1.34. The van der Waals surface area contributed by atoms with Gasteiger partial charge in [0, 0.05) is 23.0 Å². The van der Waals surface area contributed by atoms with Crippen LogP contribution in [0.2, 0.25) is 0 Å². The Hall–Kier alpha value is -1.94. The van der Waals surface area contributed by atoms with Crippen molar-refractivity contribution >= 4 is 0 Å². The van der Waals surface area contributed by atoms with Gasteiger partial charge >= 0.3 is 0 Å². The van der Waals surface area contributed by atoms with Crippen LogP contribution in [-0.2, 0) is 0 Å². The van der Waals surface area contributed by atoms with E-state index in [0.29, 0.717) is 0 Å². The van der Waals surface area contributed by atoms with Crippen molar-refractivity contribution in [2.24, 2.45) is 0 Å². The van der Waals surface area contributed by atoms with Crippen LogP contribution in [-0.4, -0.2) is 4.98 Å². The second-order valence-corrected chi connectivity index (χ2v) is 2.77. The summed E-state index contributed by atoms with van der Waals surface area (Å²) in [6.45, 7) is 0. The Labute approximate surface area is 77.4 Å². The van der Waals surface area contributed by atoms with E-state index in [1.165, 1.54) is 0 Å². The Morgan fingerprint density at radius 2 is 1.92 bits per heavy atom. The third kappa shape index (κ3) is 1.34. The fourth-order valence-electron chi connectivity index (χ4n) is 1.34. The first kappa shape index (κ1) is 7.70. The molecular weight excluding hydrogens is 158 g/mol. The second-order valence-electron chi connectivity index (χ2n) is 2.77. The van der Waals surface area contributed by atoms with Gasteiger partial charge in [-0.1, -0.05) is 24.1 Å². The van der Waals surface area contributed by atoms with Crippen LogP contribution in [0.25, 0.3) is 11.3 Å². The van der Waals surface area contributed by atoms with Gasteiger partial charge in [0.2, 0.25) is 0 Å². The van der Waals surface area contributed by atoms with E-state index in [2.05, 4.69) is 10.9 Å². The lowest BCUT2D eigenvalue weighted by Crippen LogP contribution is -1.82. The molecule has 0 fully saturated rings. The van der Waals surface area contributed by atoms with Crippen molar-refractivity contribution < 1.29 is 0 Å². The maximum atomic E-state index is 5.39. The highest BCUT2D eigenvalue weighted by atomic mass is 14.7. The molecule has 2 aromatic rings. The molecule has 0 saturated heterocycles. The predicted molar refractivity (Wildman–Crippen MR) is 54.2 cm³/mol. The molecule has 1 aromatic carbocycles. The summed E-state index contributed by atoms with van der Waals surface area (Å²) in [4.78, 5) is 3.13. The fraction of sp³-hybridized carbons (Fsp3) is 0. The van der Waals surface area contributed by atoms with Crippen LogP contribution in [0.1, 0.15) is 5.56 Å². The number of hydrogen-bond acceptors (Lipinski definition) is 0. The molecular formula is C12H9N. The summed E-state index contributed by atoms with van der Waals surface area (Å²) in [6, 6.07) is 11.9. The molecule has 0 aliphatic rings. The lowest BCUT2D eigenvalue weighted by Gasteiger charge is -2.00. The van der Waals surface area contributed by atoms with Gasteiger partial charge in [0.15, 0.2) is 0 Å². The summed E-state index contributed by atoms with van der Waals surface area (Å²) in [7, 11) is 0. The average Bonchev–Trinajstić information content (AvgIpc) is 2.70. The zero-order valence-corrected chi connectivity index (χ0v) is 7.12. The molecule has 0 aliphatic heterocycles. The Bertz CT molecular complexity index is 432. The van der Waals surface area contributed by atoms with Crippen LogP contribution in [0.4, 0.5) is 0 Å². The topological polar surface area (TPSA) is 15.8 Å². The van der Waals surface area contributed by atoms with Crippen molar-refractivity contribution in [1.82, 2.24) is 4.98 Å². The second kappa shape index (κ2) is 3.20. The number of rotatable bonds is 1. The van der Waals surface area contributed by atoms with Gasteiger partial charge in [-0.05, 0) is 18.2 Å². The van der Waals surface area contributed by atoms with Crippen LogP contribution >= 0.6 is 0 Å². The Morgan fingerprint density at radius 1 is 1.08 bits per heavy atom. The van der Waals surface area contributed by atoms with Crippen LogP contribution in [0.3, 0.4) is 0 Å². The van der Waals surface area contributed by atoms with Crippen LogP contribution in [0.15, 0.2) is 42.6 Å². The molecule has 0 unspecified atom stereocenters. The highest BCUT2D eigenvalue weighted by Crippen LogP contribution is 2.20. The highest BCUT2D eigenvalue weighted by molar-refractivity contribution is 5.67. The normalized spacial score (nSPS) is 9.46. The van der Waals surface area contributed by atoms with E-state index in [0.717, 1.165) is 16.8 Å². The molecule has 0 saturated carbocycles. The first-order chi connectivity index (χ1) is 6.42. The molecule has 1 nitrogen and oxygen atoms in total. The maximum Gasteiger partial charge on any atom is 0.0466 e. The first-order valence-corrected chi connectivity index (χ1v) is 4.11. The minimum Gasteiger partial charge on any atom is -0.361 e. The van der Waals surface area contributed by atoms with Gasteiger partial charge < -0.3 is 4.98 Å².